The first-order valence-electron chi connectivity index (χ1n) is 16.0. The first kappa shape index (κ1) is 32.0. The summed E-state index contributed by atoms with van der Waals surface area (Å²) in [6, 6.07) is 11.0. The van der Waals surface area contributed by atoms with Gasteiger partial charge in [0.05, 0.1) is 0 Å². The predicted molar refractivity (Wildman–Crippen MR) is 160 cm³/mol. The fraction of sp³-hybridized carbons (Fsp3) is 0.771. The molecule has 1 aromatic carbocycles. The molecule has 0 radical (unpaired) electrons. The summed E-state index contributed by atoms with van der Waals surface area (Å²) in [7, 11) is 0. The summed E-state index contributed by atoms with van der Waals surface area (Å²) in [5, 5.41) is 0. The van der Waals surface area contributed by atoms with Crippen molar-refractivity contribution < 1.29 is 0 Å². The first-order chi connectivity index (χ1) is 17.3. The molecule has 35 heavy (non-hydrogen) atoms. The van der Waals surface area contributed by atoms with Gasteiger partial charge < -0.3 is 0 Å². The lowest BCUT2D eigenvalue weighted by Gasteiger charge is -2.06. The molecule has 0 spiro atoms. The second-order valence-electron chi connectivity index (χ2n) is 11.3. The van der Waals surface area contributed by atoms with E-state index in [4.69, 9.17) is 0 Å². The maximum atomic E-state index is 4.32. The number of rotatable bonds is 27. The minimum absolute atomic E-state index is 1.26. The molecule has 0 amide bonds. The average Bonchev–Trinajstić information content (AvgIpc) is 2.88. The lowest BCUT2D eigenvalue weighted by Crippen LogP contribution is -1.87. The second-order valence-corrected chi connectivity index (χ2v) is 11.3. The lowest BCUT2D eigenvalue weighted by molar-refractivity contribution is 0.527. The molecule has 0 aliphatic heterocycles. The topological polar surface area (TPSA) is 0 Å². The van der Waals surface area contributed by atoms with E-state index >= 15 is 0 Å². The van der Waals surface area contributed by atoms with Gasteiger partial charge in [0.2, 0.25) is 0 Å². The van der Waals surface area contributed by atoms with Gasteiger partial charge in [-0.05, 0) is 44.1 Å². The van der Waals surface area contributed by atoms with E-state index in [9.17, 15) is 0 Å². The van der Waals surface area contributed by atoms with Crippen LogP contribution in [0.2, 0.25) is 0 Å². The van der Waals surface area contributed by atoms with Crippen molar-refractivity contribution >= 4 is 0 Å². The molecular formula is C35H62. The van der Waals surface area contributed by atoms with Crippen LogP contribution in [0.25, 0.3) is 0 Å². The van der Waals surface area contributed by atoms with E-state index in [0.29, 0.717) is 0 Å². The van der Waals surface area contributed by atoms with Crippen LogP contribution in [0.4, 0.5) is 0 Å². The maximum absolute atomic E-state index is 4.32. The Hall–Kier alpha value is -1.04. The number of aryl methyl sites for hydroxylation is 1. The number of benzene rings is 1. The minimum atomic E-state index is 1.26. The van der Waals surface area contributed by atoms with Gasteiger partial charge in [0.15, 0.2) is 0 Å². The average molecular weight is 483 g/mol. The summed E-state index contributed by atoms with van der Waals surface area (Å²) in [5.41, 5.74) is 3.02. The molecule has 0 heteroatoms. The van der Waals surface area contributed by atoms with E-state index in [0.717, 1.165) is 0 Å². The van der Waals surface area contributed by atoms with Gasteiger partial charge in [-0.15, -0.1) is 0 Å². The number of allylic oxidation sites excluding steroid dienone is 1. The Bertz CT molecular complexity index is 542. The molecule has 0 aromatic heterocycles. The van der Waals surface area contributed by atoms with Crippen LogP contribution in [0, 0.1) is 0 Å². The first-order valence-corrected chi connectivity index (χ1v) is 16.0. The van der Waals surface area contributed by atoms with E-state index in [1.54, 1.807) is 0 Å². The van der Waals surface area contributed by atoms with Crippen LogP contribution in [0.15, 0.2) is 42.5 Å². The molecule has 0 aliphatic carbocycles. The molecule has 0 heterocycles. The summed E-state index contributed by atoms with van der Waals surface area (Å²) in [6.45, 7) is 6.62. The zero-order valence-electron chi connectivity index (χ0n) is 24.0. The molecule has 202 valence electrons. The number of hydrogen-bond acceptors (Lipinski definition) is 0. The third-order valence-electron chi connectivity index (χ3n) is 7.72. The van der Waals surface area contributed by atoms with Gasteiger partial charge in [-0.3, -0.25) is 0 Å². The third kappa shape index (κ3) is 23.1. The standard InChI is InChI=1S/C35H62/c1-3-4-5-6-17-20-24-29-34(2)30-25-21-18-15-13-11-9-7-8-10-12-14-16-19-22-26-31-35-32-27-23-28-33-35/h23,27-28,32-33H,2-22,24-26,29-31H2,1H3. The van der Waals surface area contributed by atoms with Crippen LogP contribution >= 0.6 is 0 Å². The number of hydrogen-bond donors (Lipinski definition) is 0. The molecule has 0 saturated heterocycles. The molecular weight excluding hydrogens is 420 g/mol. The van der Waals surface area contributed by atoms with Crippen LogP contribution in [0.3, 0.4) is 0 Å². The lowest BCUT2D eigenvalue weighted by atomic mass is 10.00. The summed E-state index contributed by atoms with van der Waals surface area (Å²) in [5.74, 6) is 0. The molecule has 0 bridgehead atoms. The van der Waals surface area contributed by atoms with Crippen LogP contribution in [0.5, 0.6) is 0 Å². The van der Waals surface area contributed by atoms with Crippen molar-refractivity contribution in [1.29, 1.82) is 0 Å². The van der Waals surface area contributed by atoms with Crippen molar-refractivity contribution in [2.24, 2.45) is 0 Å². The van der Waals surface area contributed by atoms with Gasteiger partial charge in [0, 0.05) is 0 Å². The predicted octanol–water partition coefficient (Wildman–Crippen LogP) is 12.6. The Balaban J connectivity index is 1.69. The fourth-order valence-corrected chi connectivity index (χ4v) is 5.28. The minimum Gasteiger partial charge on any atom is -0.0999 e. The Labute approximate surface area is 221 Å². The largest absolute Gasteiger partial charge is 0.0999 e. The molecule has 0 fully saturated rings. The van der Waals surface area contributed by atoms with Gasteiger partial charge in [-0.2, -0.15) is 0 Å². The van der Waals surface area contributed by atoms with Crippen molar-refractivity contribution in [2.75, 3.05) is 0 Å². The van der Waals surface area contributed by atoms with Crippen LogP contribution in [-0.2, 0) is 6.42 Å². The Morgan fingerprint density at radius 2 is 0.800 bits per heavy atom. The SMILES string of the molecule is C=C(CCCCCCCCC)CCCCCCCCCCCCCCCCCCc1ccccc1. The highest BCUT2D eigenvalue weighted by atomic mass is 14.0. The monoisotopic (exact) mass is 482 g/mol. The van der Waals surface area contributed by atoms with Gasteiger partial charge in [0.25, 0.3) is 0 Å². The second kappa shape index (κ2) is 26.0. The fourth-order valence-electron chi connectivity index (χ4n) is 5.28. The Morgan fingerprint density at radius 1 is 0.457 bits per heavy atom. The number of unbranched alkanes of at least 4 members (excludes halogenated alkanes) is 21. The highest BCUT2D eigenvalue weighted by Gasteiger charge is 1.98. The quantitative estimate of drug-likeness (QED) is 0.0863. The molecule has 0 aliphatic rings. The van der Waals surface area contributed by atoms with Crippen molar-refractivity contribution in [3.8, 4) is 0 Å². The Morgan fingerprint density at radius 3 is 1.20 bits per heavy atom. The summed E-state index contributed by atoms with van der Waals surface area (Å²) in [4.78, 5) is 0. The zero-order chi connectivity index (χ0) is 25.1. The molecule has 1 rings (SSSR count). The van der Waals surface area contributed by atoms with Crippen molar-refractivity contribution in [1.82, 2.24) is 0 Å². The zero-order valence-corrected chi connectivity index (χ0v) is 24.0. The summed E-state index contributed by atoms with van der Waals surface area (Å²) < 4.78 is 0. The summed E-state index contributed by atoms with van der Waals surface area (Å²) in [6.07, 6.45) is 36.7. The van der Waals surface area contributed by atoms with E-state index < -0.39 is 0 Å². The van der Waals surface area contributed by atoms with E-state index in [2.05, 4.69) is 43.8 Å². The normalized spacial score (nSPS) is 11.2. The molecule has 1 aromatic rings. The van der Waals surface area contributed by atoms with Crippen LogP contribution < -0.4 is 0 Å². The summed E-state index contributed by atoms with van der Waals surface area (Å²) >= 11 is 0. The van der Waals surface area contributed by atoms with Crippen LogP contribution in [-0.4, -0.2) is 0 Å². The molecule has 0 nitrogen and oxygen atoms in total. The van der Waals surface area contributed by atoms with E-state index in [1.807, 2.05) is 0 Å². The van der Waals surface area contributed by atoms with Gasteiger partial charge in [-0.1, -0.05) is 178 Å². The van der Waals surface area contributed by atoms with Crippen molar-refractivity contribution in [3.63, 3.8) is 0 Å². The van der Waals surface area contributed by atoms with Gasteiger partial charge in [0.1, 0.15) is 0 Å². The van der Waals surface area contributed by atoms with Gasteiger partial charge >= 0.3 is 0 Å². The smallest absolute Gasteiger partial charge is 0.0279 e. The molecule has 0 atom stereocenters. The van der Waals surface area contributed by atoms with Crippen LogP contribution in [0.1, 0.15) is 173 Å². The van der Waals surface area contributed by atoms with E-state index in [-0.39, 0.29) is 0 Å². The van der Waals surface area contributed by atoms with Crippen molar-refractivity contribution in [3.05, 3.63) is 48.0 Å². The van der Waals surface area contributed by atoms with Gasteiger partial charge in [-0.25, -0.2) is 0 Å². The highest BCUT2D eigenvalue weighted by Crippen LogP contribution is 2.18. The molecule has 0 N–H and O–H groups in total. The third-order valence-corrected chi connectivity index (χ3v) is 7.72. The highest BCUT2D eigenvalue weighted by molar-refractivity contribution is 5.14. The molecule has 0 unspecified atom stereocenters. The Kier molecular flexibility index (Phi) is 23.8. The maximum Gasteiger partial charge on any atom is -0.0279 e. The molecule has 0 saturated carbocycles. The van der Waals surface area contributed by atoms with E-state index in [1.165, 1.54) is 178 Å². The van der Waals surface area contributed by atoms with Crippen molar-refractivity contribution in [2.45, 2.75) is 174 Å².